The first kappa shape index (κ1) is 10.0. The molecule has 2 amide bonds. The average Bonchev–Trinajstić information content (AvgIpc) is 2.15. The highest BCUT2D eigenvalue weighted by Gasteiger charge is 2.10. The van der Waals surface area contributed by atoms with Crippen molar-refractivity contribution in [3.63, 3.8) is 0 Å². The molecule has 1 rings (SSSR count). The Labute approximate surface area is 80.5 Å². The van der Waals surface area contributed by atoms with Gasteiger partial charge >= 0.3 is 0 Å². The molecule has 5 heteroatoms. The fourth-order valence-electron chi connectivity index (χ4n) is 1.03. The minimum atomic E-state index is -0.731. The molecule has 0 radical (unpaired) electrons. The lowest BCUT2D eigenvalue weighted by atomic mass is 10.1. The second-order valence-corrected chi connectivity index (χ2v) is 2.68. The Morgan fingerprint density at radius 3 is 2.50 bits per heavy atom. The summed E-state index contributed by atoms with van der Waals surface area (Å²) in [6.07, 6.45) is 0. The Morgan fingerprint density at radius 2 is 2.07 bits per heavy atom. The Bertz CT molecular complexity index is 388. The van der Waals surface area contributed by atoms with Crippen LogP contribution in [0.1, 0.15) is 20.7 Å². The number of phenols is 1. The van der Waals surface area contributed by atoms with Gasteiger partial charge in [0.05, 0.1) is 5.56 Å². The van der Waals surface area contributed by atoms with Crippen LogP contribution in [0, 0.1) is 0 Å². The van der Waals surface area contributed by atoms with E-state index >= 15 is 0 Å². The van der Waals surface area contributed by atoms with Gasteiger partial charge in [-0.3, -0.25) is 9.59 Å². The second kappa shape index (κ2) is 3.78. The molecular formula is C9H10N2O3. The number of aromatic hydroxyl groups is 1. The third-order valence-corrected chi connectivity index (χ3v) is 1.75. The van der Waals surface area contributed by atoms with E-state index in [0.29, 0.717) is 0 Å². The SMILES string of the molecule is CNC(=O)c1ccc(C(N)=O)c(O)c1. The summed E-state index contributed by atoms with van der Waals surface area (Å²) in [5, 5.41) is 11.7. The Balaban J connectivity index is 3.12. The first-order valence-electron chi connectivity index (χ1n) is 3.91. The Hall–Kier alpha value is -2.04. The van der Waals surface area contributed by atoms with E-state index in [4.69, 9.17) is 5.73 Å². The molecule has 4 N–H and O–H groups in total. The molecule has 0 unspecified atom stereocenters. The molecule has 0 spiro atoms. The van der Waals surface area contributed by atoms with Crippen LogP contribution in [0.15, 0.2) is 18.2 Å². The predicted molar refractivity (Wildman–Crippen MR) is 50.0 cm³/mol. The summed E-state index contributed by atoms with van der Waals surface area (Å²) in [6.45, 7) is 0. The summed E-state index contributed by atoms with van der Waals surface area (Å²) in [6, 6.07) is 3.92. The van der Waals surface area contributed by atoms with Crippen LogP contribution in [0.25, 0.3) is 0 Å². The predicted octanol–water partition coefficient (Wildman–Crippen LogP) is -0.149. The highest BCUT2D eigenvalue weighted by atomic mass is 16.3. The highest BCUT2D eigenvalue weighted by Crippen LogP contribution is 2.17. The molecule has 5 nitrogen and oxygen atoms in total. The van der Waals surface area contributed by atoms with Crippen molar-refractivity contribution in [3.8, 4) is 5.75 Å². The van der Waals surface area contributed by atoms with Crippen molar-refractivity contribution in [2.75, 3.05) is 7.05 Å². The number of amides is 2. The zero-order chi connectivity index (χ0) is 10.7. The van der Waals surface area contributed by atoms with Gasteiger partial charge < -0.3 is 16.2 Å². The molecule has 0 fully saturated rings. The van der Waals surface area contributed by atoms with Gasteiger partial charge in [0.25, 0.3) is 11.8 Å². The van der Waals surface area contributed by atoms with Crippen LogP contribution in [-0.4, -0.2) is 24.0 Å². The topological polar surface area (TPSA) is 92.4 Å². The number of carbonyl (C=O) groups is 2. The van der Waals surface area contributed by atoms with Gasteiger partial charge in [0, 0.05) is 12.6 Å². The maximum Gasteiger partial charge on any atom is 0.252 e. The summed E-state index contributed by atoms with van der Waals surface area (Å²) in [4.78, 5) is 21.8. The van der Waals surface area contributed by atoms with Crippen LogP contribution in [0.5, 0.6) is 5.75 Å². The number of hydrogen-bond donors (Lipinski definition) is 3. The van der Waals surface area contributed by atoms with Gasteiger partial charge in [-0.05, 0) is 18.2 Å². The van der Waals surface area contributed by atoms with Crippen LogP contribution in [-0.2, 0) is 0 Å². The van der Waals surface area contributed by atoms with E-state index < -0.39 is 5.91 Å². The molecule has 1 aromatic rings. The first-order valence-corrected chi connectivity index (χ1v) is 3.91. The van der Waals surface area contributed by atoms with E-state index in [-0.39, 0.29) is 22.8 Å². The van der Waals surface area contributed by atoms with Crippen LogP contribution in [0.3, 0.4) is 0 Å². The number of nitrogens with one attached hydrogen (secondary N) is 1. The summed E-state index contributed by atoms with van der Waals surface area (Å²) in [7, 11) is 1.47. The van der Waals surface area contributed by atoms with Crippen LogP contribution in [0.4, 0.5) is 0 Å². The van der Waals surface area contributed by atoms with Crippen LogP contribution >= 0.6 is 0 Å². The number of nitrogens with two attached hydrogens (primary N) is 1. The van der Waals surface area contributed by atoms with E-state index in [0.717, 1.165) is 0 Å². The lowest BCUT2D eigenvalue weighted by molar-refractivity contribution is 0.0958. The standard InChI is InChI=1S/C9H10N2O3/c1-11-9(14)5-2-3-6(8(10)13)7(12)4-5/h2-4,12H,1H3,(H2,10,13)(H,11,14). The highest BCUT2D eigenvalue weighted by molar-refractivity contribution is 5.99. The number of primary amides is 1. The largest absolute Gasteiger partial charge is 0.507 e. The normalized spacial score (nSPS) is 9.50. The lowest BCUT2D eigenvalue weighted by Gasteiger charge is -2.03. The molecule has 0 bridgehead atoms. The van der Waals surface area contributed by atoms with E-state index in [2.05, 4.69) is 5.32 Å². The lowest BCUT2D eigenvalue weighted by Crippen LogP contribution is -2.18. The van der Waals surface area contributed by atoms with Crippen molar-refractivity contribution in [3.05, 3.63) is 29.3 Å². The third-order valence-electron chi connectivity index (χ3n) is 1.75. The summed E-state index contributed by atoms with van der Waals surface area (Å²) in [5.74, 6) is -1.36. The van der Waals surface area contributed by atoms with Crippen molar-refractivity contribution in [1.29, 1.82) is 0 Å². The molecule has 0 saturated heterocycles. The molecule has 0 atom stereocenters. The fourth-order valence-corrected chi connectivity index (χ4v) is 1.03. The van der Waals surface area contributed by atoms with Gasteiger partial charge in [-0.15, -0.1) is 0 Å². The van der Waals surface area contributed by atoms with Crippen LogP contribution < -0.4 is 11.1 Å². The molecule has 0 aliphatic heterocycles. The maximum absolute atomic E-state index is 11.1. The maximum atomic E-state index is 11.1. The van der Waals surface area contributed by atoms with Crippen molar-refractivity contribution in [2.45, 2.75) is 0 Å². The van der Waals surface area contributed by atoms with Gasteiger partial charge in [0.15, 0.2) is 0 Å². The summed E-state index contributed by atoms with van der Waals surface area (Å²) < 4.78 is 0. The zero-order valence-corrected chi connectivity index (χ0v) is 7.57. The molecular weight excluding hydrogens is 184 g/mol. The van der Waals surface area contributed by atoms with Gasteiger partial charge in [-0.1, -0.05) is 0 Å². The molecule has 74 valence electrons. The third kappa shape index (κ3) is 1.82. The minimum absolute atomic E-state index is 0.00217. The Morgan fingerprint density at radius 1 is 1.43 bits per heavy atom. The van der Waals surface area contributed by atoms with E-state index in [9.17, 15) is 14.7 Å². The van der Waals surface area contributed by atoms with Crippen molar-refractivity contribution in [2.24, 2.45) is 5.73 Å². The van der Waals surface area contributed by atoms with Crippen LogP contribution in [0.2, 0.25) is 0 Å². The number of rotatable bonds is 2. The van der Waals surface area contributed by atoms with Crippen molar-refractivity contribution in [1.82, 2.24) is 5.32 Å². The molecule has 1 aromatic carbocycles. The van der Waals surface area contributed by atoms with Gasteiger partial charge in [-0.2, -0.15) is 0 Å². The number of benzene rings is 1. The molecule has 0 heterocycles. The summed E-state index contributed by atoms with van der Waals surface area (Å²) >= 11 is 0. The Kier molecular flexibility index (Phi) is 2.71. The zero-order valence-electron chi connectivity index (χ0n) is 7.57. The van der Waals surface area contributed by atoms with Gasteiger partial charge in [-0.25, -0.2) is 0 Å². The monoisotopic (exact) mass is 194 g/mol. The van der Waals surface area contributed by atoms with Gasteiger partial charge in [0.2, 0.25) is 0 Å². The molecule has 0 aliphatic rings. The number of hydrogen-bond acceptors (Lipinski definition) is 3. The van der Waals surface area contributed by atoms with Crippen molar-refractivity contribution >= 4 is 11.8 Å². The average molecular weight is 194 g/mol. The minimum Gasteiger partial charge on any atom is -0.507 e. The molecule has 0 aliphatic carbocycles. The molecule has 0 aromatic heterocycles. The van der Waals surface area contributed by atoms with Gasteiger partial charge in [0.1, 0.15) is 5.75 Å². The van der Waals surface area contributed by atoms with Crippen molar-refractivity contribution < 1.29 is 14.7 Å². The first-order chi connectivity index (χ1) is 6.56. The van der Waals surface area contributed by atoms with E-state index in [1.807, 2.05) is 0 Å². The quantitative estimate of drug-likeness (QED) is 0.611. The summed E-state index contributed by atoms with van der Waals surface area (Å²) in [5.41, 5.74) is 5.24. The smallest absolute Gasteiger partial charge is 0.252 e. The van der Waals surface area contributed by atoms with E-state index in [1.54, 1.807) is 0 Å². The second-order valence-electron chi connectivity index (χ2n) is 2.68. The molecule has 0 saturated carbocycles. The molecule has 14 heavy (non-hydrogen) atoms. The fraction of sp³-hybridized carbons (Fsp3) is 0.111. The van der Waals surface area contributed by atoms with E-state index in [1.165, 1.54) is 25.2 Å². The number of carbonyl (C=O) groups excluding carboxylic acids is 2.